The van der Waals surface area contributed by atoms with Gasteiger partial charge in [-0.15, -0.1) is 0 Å². The highest BCUT2D eigenvalue weighted by atomic mass is 35.5. The zero-order valence-electron chi connectivity index (χ0n) is 15.4. The molecule has 0 aliphatic carbocycles. The quantitative estimate of drug-likeness (QED) is 0.661. The highest BCUT2D eigenvalue weighted by Gasteiger charge is 2.23. The van der Waals surface area contributed by atoms with Crippen LogP contribution in [-0.4, -0.2) is 36.1 Å². The predicted octanol–water partition coefficient (Wildman–Crippen LogP) is 3.22. The molecule has 28 heavy (non-hydrogen) atoms. The molecule has 0 fully saturated rings. The van der Waals surface area contributed by atoms with E-state index < -0.39 is 0 Å². The van der Waals surface area contributed by atoms with E-state index in [1.807, 2.05) is 66.5 Å². The highest BCUT2D eigenvalue weighted by molar-refractivity contribution is 6.33. The molecule has 6 nitrogen and oxygen atoms in total. The summed E-state index contributed by atoms with van der Waals surface area (Å²) in [5.41, 5.74) is 1.24. The van der Waals surface area contributed by atoms with E-state index in [0.717, 1.165) is 17.1 Å². The maximum absolute atomic E-state index is 12.6. The first-order chi connectivity index (χ1) is 13.6. The van der Waals surface area contributed by atoms with Crippen LogP contribution in [0.2, 0.25) is 5.02 Å². The Morgan fingerprint density at radius 3 is 2.64 bits per heavy atom. The predicted molar refractivity (Wildman–Crippen MR) is 109 cm³/mol. The Bertz CT molecular complexity index is 1020. The van der Waals surface area contributed by atoms with Crippen LogP contribution in [0.5, 0.6) is 11.5 Å². The third-order valence-corrected chi connectivity index (χ3v) is 4.95. The monoisotopic (exact) mass is 397 g/mol. The summed E-state index contributed by atoms with van der Waals surface area (Å²) in [4.78, 5) is 14.5. The Hall–Kier alpha value is -2.99. The van der Waals surface area contributed by atoms with E-state index in [2.05, 4.69) is 5.10 Å². The fourth-order valence-corrected chi connectivity index (χ4v) is 3.44. The number of nitrogens with zero attached hydrogens (tertiary/aromatic N) is 3. The summed E-state index contributed by atoms with van der Waals surface area (Å²) in [6.45, 7) is 1.31. The Kier molecular flexibility index (Phi) is 5.21. The summed E-state index contributed by atoms with van der Waals surface area (Å²) in [5.74, 6) is 1.46. The number of fused-ring (bicyclic) bond motifs is 1. The number of ether oxygens (including phenoxy) is 2. The Balaban J connectivity index is 1.48. The van der Waals surface area contributed by atoms with E-state index in [-0.39, 0.29) is 16.7 Å². The third-order valence-electron chi connectivity index (χ3n) is 4.60. The fourth-order valence-electron chi connectivity index (χ4n) is 3.15. The van der Waals surface area contributed by atoms with Crippen LogP contribution in [0, 0.1) is 0 Å². The molecule has 2 aromatic carbocycles. The largest absolute Gasteiger partial charge is 0.486 e. The average molecular weight is 398 g/mol. The molecule has 1 aliphatic heterocycles. The number of para-hydroxylation sites is 2. The number of likely N-dealkylation sites (N-methyl/N-ethyl adjacent to an activating group) is 1. The minimum absolute atomic E-state index is 0.144. The molecule has 0 N–H and O–H groups in total. The second kappa shape index (κ2) is 7.94. The van der Waals surface area contributed by atoms with E-state index >= 15 is 0 Å². The van der Waals surface area contributed by atoms with Gasteiger partial charge in [-0.25, -0.2) is 4.68 Å². The van der Waals surface area contributed by atoms with Crippen LogP contribution in [-0.2, 0) is 6.54 Å². The first kappa shape index (κ1) is 18.4. The molecule has 144 valence electrons. The van der Waals surface area contributed by atoms with Gasteiger partial charge in [-0.2, -0.15) is 5.10 Å². The zero-order chi connectivity index (χ0) is 19.5. The zero-order valence-corrected chi connectivity index (χ0v) is 16.2. The first-order valence-electron chi connectivity index (χ1n) is 9.01. The number of halogens is 1. The number of anilines is 1. The van der Waals surface area contributed by atoms with Gasteiger partial charge in [0.25, 0.3) is 5.56 Å². The molecule has 1 aromatic heterocycles. The van der Waals surface area contributed by atoms with Crippen LogP contribution in [0.15, 0.2) is 65.6 Å². The minimum atomic E-state index is -0.318. The molecule has 0 radical (unpaired) electrons. The van der Waals surface area contributed by atoms with Crippen LogP contribution >= 0.6 is 11.6 Å². The SMILES string of the molecule is CN(CC1COc2ccccc2O1)c1cnn(Cc2ccccc2)c(=O)c1Cl. The van der Waals surface area contributed by atoms with E-state index in [0.29, 0.717) is 25.4 Å². The van der Waals surface area contributed by atoms with Gasteiger partial charge in [0.2, 0.25) is 0 Å². The molecular weight excluding hydrogens is 378 g/mol. The van der Waals surface area contributed by atoms with E-state index in [4.69, 9.17) is 21.1 Å². The van der Waals surface area contributed by atoms with Gasteiger partial charge in [-0.05, 0) is 17.7 Å². The molecule has 0 saturated carbocycles. The van der Waals surface area contributed by atoms with E-state index in [1.165, 1.54) is 4.68 Å². The summed E-state index contributed by atoms with van der Waals surface area (Å²) in [7, 11) is 1.85. The van der Waals surface area contributed by atoms with Crippen molar-refractivity contribution in [3.05, 3.63) is 81.7 Å². The summed E-state index contributed by atoms with van der Waals surface area (Å²) in [6, 6.07) is 17.2. The average Bonchev–Trinajstić information content (AvgIpc) is 2.72. The smallest absolute Gasteiger partial charge is 0.287 e. The maximum Gasteiger partial charge on any atom is 0.287 e. The molecule has 1 unspecified atom stereocenters. The second-order valence-corrected chi connectivity index (χ2v) is 7.05. The molecule has 1 atom stereocenters. The van der Waals surface area contributed by atoms with Crippen molar-refractivity contribution in [3.8, 4) is 11.5 Å². The second-order valence-electron chi connectivity index (χ2n) is 6.67. The van der Waals surface area contributed by atoms with Crippen molar-refractivity contribution in [1.29, 1.82) is 0 Å². The van der Waals surface area contributed by atoms with Crippen molar-refractivity contribution in [2.45, 2.75) is 12.6 Å². The Labute approximate surface area is 167 Å². The standard InChI is InChI=1S/C21H20ClN3O3/c1-24(13-16-14-27-18-9-5-6-10-19(18)28-16)17-11-23-25(21(26)20(17)22)12-15-7-3-2-4-8-15/h2-11,16H,12-14H2,1H3. The van der Waals surface area contributed by atoms with Gasteiger partial charge < -0.3 is 14.4 Å². The summed E-state index contributed by atoms with van der Waals surface area (Å²) in [5, 5.41) is 4.43. The van der Waals surface area contributed by atoms with E-state index in [9.17, 15) is 4.79 Å². The normalized spacial score (nSPS) is 15.3. The molecule has 0 spiro atoms. The number of aromatic nitrogens is 2. The van der Waals surface area contributed by atoms with Crippen molar-refractivity contribution >= 4 is 17.3 Å². The van der Waals surface area contributed by atoms with Crippen molar-refractivity contribution in [1.82, 2.24) is 9.78 Å². The van der Waals surface area contributed by atoms with Crippen LogP contribution in [0.3, 0.4) is 0 Å². The molecule has 2 heterocycles. The molecule has 3 aromatic rings. The highest BCUT2D eigenvalue weighted by Crippen LogP contribution is 2.31. The lowest BCUT2D eigenvalue weighted by molar-refractivity contribution is 0.0960. The first-order valence-corrected chi connectivity index (χ1v) is 9.39. The van der Waals surface area contributed by atoms with Crippen LogP contribution in [0.1, 0.15) is 5.56 Å². The Morgan fingerprint density at radius 2 is 1.86 bits per heavy atom. The molecule has 7 heteroatoms. The molecule has 4 rings (SSSR count). The molecular formula is C21H20ClN3O3. The van der Waals surface area contributed by atoms with Gasteiger partial charge >= 0.3 is 0 Å². The number of benzene rings is 2. The van der Waals surface area contributed by atoms with Gasteiger partial charge in [-0.3, -0.25) is 4.79 Å². The van der Waals surface area contributed by atoms with Gasteiger partial charge in [-0.1, -0.05) is 54.1 Å². The lowest BCUT2D eigenvalue weighted by Crippen LogP contribution is -2.40. The third kappa shape index (κ3) is 3.82. The van der Waals surface area contributed by atoms with Gasteiger partial charge in [0.1, 0.15) is 11.6 Å². The lowest BCUT2D eigenvalue weighted by Gasteiger charge is -2.30. The van der Waals surface area contributed by atoms with Crippen LogP contribution in [0.4, 0.5) is 5.69 Å². The molecule has 0 bridgehead atoms. The van der Waals surface area contributed by atoms with Crippen molar-refractivity contribution in [3.63, 3.8) is 0 Å². The molecule has 1 aliphatic rings. The van der Waals surface area contributed by atoms with Crippen LogP contribution < -0.4 is 19.9 Å². The minimum Gasteiger partial charge on any atom is -0.486 e. The van der Waals surface area contributed by atoms with Crippen molar-refractivity contribution in [2.24, 2.45) is 0 Å². The van der Waals surface area contributed by atoms with Gasteiger partial charge in [0.15, 0.2) is 17.6 Å². The number of hydrogen-bond donors (Lipinski definition) is 0. The maximum atomic E-state index is 12.6. The summed E-state index contributed by atoms with van der Waals surface area (Å²) in [6.07, 6.45) is 1.44. The van der Waals surface area contributed by atoms with Crippen LogP contribution in [0.25, 0.3) is 0 Å². The van der Waals surface area contributed by atoms with Gasteiger partial charge in [0.05, 0.1) is 25.0 Å². The Morgan fingerprint density at radius 1 is 1.14 bits per heavy atom. The topological polar surface area (TPSA) is 56.6 Å². The van der Waals surface area contributed by atoms with E-state index in [1.54, 1.807) is 6.20 Å². The van der Waals surface area contributed by atoms with Crippen molar-refractivity contribution in [2.75, 3.05) is 25.1 Å². The van der Waals surface area contributed by atoms with Crippen molar-refractivity contribution < 1.29 is 9.47 Å². The fraction of sp³-hybridized carbons (Fsp3) is 0.238. The molecule has 0 amide bonds. The summed E-state index contributed by atoms with van der Waals surface area (Å²) >= 11 is 6.37. The molecule has 0 saturated heterocycles. The number of rotatable bonds is 5. The van der Waals surface area contributed by atoms with Gasteiger partial charge in [0, 0.05) is 7.05 Å². The number of hydrogen-bond acceptors (Lipinski definition) is 5. The lowest BCUT2D eigenvalue weighted by atomic mass is 10.2. The summed E-state index contributed by atoms with van der Waals surface area (Å²) < 4.78 is 13.1.